The van der Waals surface area contributed by atoms with Gasteiger partial charge >= 0.3 is 5.97 Å². The molecular weight excluding hydrogens is 412 g/mol. The van der Waals surface area contributed by atoms with Crippen LogP contribution in [0.2, 0.25) is 5.15 Å². The van der Waals surface area contributed by atoms with Crippen LogP contribution in [0.15, 0.2) is 40.5 Å². The van der Waals surface area contributed by atoms with Gasteiger partial charge in [0.25, 0.3) is 0 Å². The number of benzene rings is 1. The molecule has 1 heterocycles. The zero-order valence-electron chi connectivity index (χ0n) is 16.4. The second kappa shape index (κ2) is 13.1. The lowest BCUT2D eigenvalue weighted by molar-refractivity contribution is 0.0595. The van der Waals surface area contributed by atoms with E-state index in [1.54, 1.807) is 11.8 Å². The Labute approximate surface area is 181 Å². The highest BCUT2D eigenvalue weighted by Gasteiger charge is 2.21. The standard InChI is InChI=1S/C21H27ClN2O2S2/c1-3-4-5-6-7-11-14-27-21-23-18(22)17(20(25)26-2)19(24-21)28-15-16-12-9-8-10-13-16/h8-10,12-13H,3-7,11,14-15H2,1-2H3. The molecule has 0 atom stereocenters. The third-order valence-electron chi connectivity index (χ3n) is 4.15. The largest absolute Gasteiger partial charge is 0.465 e. The minimum Gasteiger partial charge on any atom is -0.465 e. The summed E-state index contributed by atoms with van der Waals surface area (Å²) < 4.78 is 4.87. The molecule has 0 aliphatic carbocycles. The van der Waals surface area contributed by atoms with Gasteiger partial charge in [0.1, 0.15) is 15.7 Å². The number of rotatable bonds is 12. The summed E-state index contributed by atoms with van der Waals surface area (Å²) in [7, 11) is 1.34. The number of thioether (sulfide) groups is 2. The van der Waals surface area contributed by atoms with Gasteiger partial charge in [-0.25, -0.2) is 14.8 Å². The molecule has 7 heteroatoms. The maximum Gasteiger partial charge on any atom is 0.343 e. The summed E-state index contributed by atoms with van der Waals surface area (Å²) in [5, 5.41) is 1.34. The van der Waals surface area contributed by atoms with Crippen molar-refractivity contribution in [1.29, 1.82) is 0 Å². The van der Waals surface area contributed by atoms with Crippen molar-refractivity contribution in [3.8, 4) is 0 Å². The van der Waals surface area contributed by atoms with Crippen LogP contribution in [0, 0.1) is 0 Å². The average molecular weight is 439 g/mol. The van der Waals surface area contributed by atoms with Crippen LogP contribution in [0.3, 0.4) is 0 Å². The van der Waals surface area contributed by atoms with Crippen molar-refractivity contribution in [2.75, 3.05) is 12.9 Å². The first kappa shape index (κ1) is 23.0. The van der Waals surface area contributed by atoms with Gasteiger partial charge in [0.05, 0.1) is 7.11 Å². The summed E-state index contributed by atoms with van der Waals surface area (Å²) >= 11 is 9.37. The summed E-state index contributed by atoms with van der Waals surface area (Å²) in [5.74, 6) is 1.13. The molecular formula is C21H27ClN2O2S2. The molecule has 0 unspecified atom stereocenters. The van der Waals surface area contributed by atoms with Crippen molar-refractivity contribution in [2.45, 2.75) is 61.4 Å². The number of carbonyl (C=O) groups excluding carboxylic acids is 1. The summed E-state index contributed by atoms with van der Waals surface area (Å²) in [5.41, 5.74) is 1.40. The molecule has 2 rings (SSSR count). The van der Waals surface area contributed by atoms with Crippen molar-refractivity contribution in [1.82, 2.24) is 9.97 Å². The van der Waals surface area contributed by atoms with E-state index in [4.69, 9.17) is 16.3 Å². The number of hydrogen-bond donors (Lipinski definition) is 0. The second-order valence-electron chi connectivity index (χ2n) is 6.36. The number of aromatic nitrogens is 2. The molecule has 0 radical (unpaired) electrons. The first-order chi connectivity index (χ1) is 13.7. The first-order valence-electron chi connectivity index (χ1n) is 9.61. The number of nitrogens with zero attached hydrogens (tertiary/aromatic N) is 2. The van der Waals surface area contributed by atoms with Crippen LogP contribution in [0.25, 0.3) is 0 Å². The number of esters is 1. The molecule has 4 nitrogen and oxygen atoms in total. The topological polar surface area (TPSA) is 52.1 Å². The van der Waals surface area contributed by atoms with E-state index < -0.39 is 5.97 Å². The Bertz CT molecular complexity index is 745. The van der Waals surface area contributed by atoms with E-state index in [0.29, 0.717) is 15.9 Å². The van der Waals surface area contributed by atoms with E-state index >= 15 is 0 Å². The average Bonchev–Trinajstić information content (AvgIpc) is 2.71. The van der Waals surface area contributed by atoms with Gasteiger partial charge in [-0.05, 0) is 12.0 Å². The van der Waals surface area contributed by atoms with Crippen molar-refractivity contribution < 1.29 is 9.53 Å². The van der Waals surface area contributed by atoms with Crippen LogP contribution in [0.1, 0.15) is 61.4 Å². The lowest BCUT2D eigenvalue weighted by Gasteiger charge is -2.10. The van der Waals surface area contributed by atoms with Crippen molar-refractivity contribution in [3.05, 3.63) is 46.6 Å². The zero-order valence-corrected chi connectivity index (χ0v) is 18.8. The van der Waals surface area contributed by atoms with E-state index in [-0.39, 0.29) is 10.7 Å². The van der Waals surface area contributed by atoms with Crippen LogP contribution in [-0.4, -0.2) is 28.8 Å². The molecule has 0 N–H and O–H groups in total. The number of halogens is 1. The second-order valence-corrected chi connectivity index (χ2v) is 8.74. The third-order valence-corrected chi connectivity index (χ3v) is 6.40. The van der Waals surface area contributed by atoms with Crippen LogP contribution in [0.4, 0.5) is 0 Å². The summed E-state index contributed by atoms with van der Waals surface area (Å²) in [6, 6.07) is 10.0. The highest BCUT2D eigenvalue weighted by molar-refractivity contribution is 7.99. The van der Waals surface area contributed by atoms with Gasteiger partial charge in [-0.15, -0.1) is 11.8 Å². The van der Waals surface area contributed by atoms with E-state index in [1.807, 2.05) is 30.3 Å². The molecule has 1 aromatic carbocycles. The van der Waals surface area contributed by atoms with E-state index in [9.17, 15) is 4.79 Å². The van der Waals surface area contributed by atoms with Crippen molar-refractivity contribution in [2.24, 2.45) is 0 Å². The smallest absolute Gasteiger partial charge is 0.343 e. The Balaban J connectivity index is 2.02. The van der Waals surface area contributed by atoms with Crippen molar-refractivity contribution in [3.63, 3.8) is 0 Å². The van der Waals surface area contributed by atoms with E-state index in [0.717, 1.165) is 17.7 Å². The predicted octanol–water partition coefficient (Wildman–Crippen LogP) is 6.66. The molecule has 0 saturated heterocycles. The monoisotopic (exact) mass is 438 g/mol. The maximum atomic E-state index is 12.2. The van der Waals surface area contributed by atoms with Gasteiger partial charge in [-0.1, -0.05) is 92.7 Å². The number of hydrogen-bond acceptors (Lipinski definition) is 6. The quantitative estimate of drug-likeness (QED) is 0.121. The number of methoxy groups -OCH3 is 1. The summed E-state index contributed by atoms with van der Waals surface area (Å²) in [6.07, 6.45) is 7.49. The Hall–Kier alpha value is -1.24. The fourth-order valence-corrected chi connectivity index (χ4v) is 4.83. The minimum atomic E-state index is -0.506. The summed E-state index contributed by atoms with van der Waals surface area (Å²) in [4.78, 5) is 21.1. The molecule has 0 aliphatic heterocycles. The van der Waals surface area contributed by atoms with Gasteiger partial charge in [0.2, 0.25) is 0 Å². The number of carbonyl (C=O) groups is 1. The van der Waals surface area contributed by atoms with Gasteiger partial charge in [-0.3, -0.25) is 0 Å². The normalized spacial score (nSPS) is 10.8. The van der Waals surface area contributed by atoms with Crippen molar-refractivity contribution >= 4 is 41.1 Å². The maximum absolute atomic E-state index is 12.2. The molecule has 0 saturated carbocycles. The molecule has 2 aromatic rings. The Morgan fingerprint density at radius 3 is 2.46 bits per heavy atom. The summed E-state index contributed by atoms with van der Waals surface area (Å²) in [6.45, 7) is 2.22. The minimum absolute atomic E-state index is 0.155. The molecule has 1 aromatic heterocycles. The van der Waals surface area contributed by atoms with E-state index in [2.05, 4.69) is 16.9 Å². The Kier molecular flexibility index (Phi) is 10.8. The molecule has 0 fully saturated rings. The zero-order chi connectivity index (χ0) is 20.2. The van der Waals surface area contributed by atoms with Crippen LogP contribution < -0.4 is 0 Å². The van der Waals surface area contributed by atoms with Crippen LogP contribution in [-0.2, 0) is 10.5 Å². The number of unbranched alkanes of at least 4 members (excludes halogenated alkanes) is 5. The van der Waals surface area contributed by atoms with Gasteiger partial charge in [0.15, 0.2) is 5.16 Å². The SMILES string of the molecule is CCCCCCCCSc1nc(Cl)c(C(=O)OC)c(SCc2ccccc2)n1. The van der Waals surface area contributed by atoms with Gasteiger partial charge < -0.3 is 4.74 Å². The predicted molar refractivity (Wildman–Crippen MR) is 118 cm³/mol. The third kappa shape index (κ3) is 7.64. The van der Waals surface area contributed by atoms with Crippen LogP contribution in [0.5, 0.6) is 0 Å². The molecule has 0 spiro atoms. The lowest BCUT2D eigenvalue weighted by atomic mass is 10.1. The number of ether oxygens (including phenoxy) is 1. The highest BCUT2D eigenvalue weighted by Crippen LogP contribution is 2.31. The van der Waals surface area contributed by atoms with Gasteiger partial charge in [-0.2, -0.15) is 0 Å². The Morgan fingerprint density at radius 1 is 1.04 bits per heavy atom. The van der Waals surface area contributed by atoms with Crippen LogP contribution >= 0.6 is 35.1 Å². The molecule has 152 valence electrons. The van der Waals surface area contributed by atoms with Gasteiger partial charge in [0, 0.05) is 11.5 Å². The molecule has 0 bridgehead atoms. The highest BCUT2D eigenvalue weighted by atomic mass is 35.5. The fourth-order valence-electron chi connectivity index (χ4n) is 2.61. The lowest BCUT2D eigenvalue weighted by Crippen LogP contribution is -2.08. The Morgan fingerprint density at radius 2 is 1.75 bits per heavy atom. The fraction of sp³-hybridized carbons (Fsp3) is 0.476. The first-order valence-corrected chi connectivity index (χ1v) is 12.0. The molecule has 28 heavy (non-hydrogen) atoms. The molecule has 0 aliphatic rings. The van der Waals surface area contributed by atoms with E-state index in [1.165, 1.54) is 51.0 Å². The molecule has 0 amide bonds.